The lowest BCUT2D eigenvalue weighted by Gasteiger charge is -2.23. The Morgan fingerprint density at radius 2 is 1.97 bits per heavy atom. The van der Waals surface area contributed by atoms with Crippen LogP contribution in [-0.4, -0.2) is 46.7 Å². The Morgan fingerprint density at radius 3 is 2.77 bits per heavy atom. The van der Waals surface area contributed by atoms with Crippen molar-refractivity contribution in [1.29, 1.82) is 0 Å². The molecule has 2 aromatic carbocycles. The highest BCUT2D eigenvalue weighted by molar-refractivity contribution is 7.18. The van der Waals surface area contributed by atoms with Crippen molar-refractivity contribution >= 4 is 34.1 Å². The number of urea groups is 1. The van der Waals surface area contributed by atoms with Crippen LogP contribution in [0.1, 0.15) is 18.4 Å². The number of benzene rings is 2. The van der Waals surface area contributed by atoms with Crippen molar-refractivity contribution in [2.75, 3.05) is 24.3 Å². The Kier molecular flexibility index (Phi) is 6.13. The fourth-order valence-corrected chi connectivity index (χ4v) is 4.28. The predicted octanol–water partition coefficient (Wildman–Crippen LogP) is 4.16. The Labute approximate surface area is 184 Å². The first-order valence-electron chi connectivity index (χ1n) is 9.96. The van der Waals surface area contributed by atoms with Crippen molar-refractivity contribution in [1.82, 2.24) is 15.1 Å². The average Bonchev–Trinajstić information content (AvgIpc) is 3.44. The minimum absolute atomic E-state index is 0.259. The molecule has 0 radical (unpaired) electrons. The Morgan fingerprint density at radius 1 is 1.13 bits per heavy atom. The topological polar surface area (TPSA) is 96.5 Å². The molecule has 0 spiro atoms. The van der Waals surface area contributed by atoms with Crippen molar-refractivity contribution in [3.8, 4) is 16.3 Å². The summed E-state index contributed by atoms with van der Waals surface area (Å²) in [6, 6.07) is 14.2. The van der Waals surface area contributed by atoms with Gasteiger partial charge >= 0.3 is 6.03 Å². The van der Waals surface area contributed by atoms with E-state index in [9.17, 15) is 9.59 Å². The summed E-state index contributed by atoms with van der Waals surface area (Å²) in [6.45, 7) is 2.52. The van der Waals surface area contributed by atoms with Crippen LogP contribution in [0.25, 0.3) is 10.6 Å². The average molecular weight is 438 g/mol. The van der Waals surface area contributed by atoms with Crippen LogP contribution in [0.4, 0.5) is 15.6 Å². The Bertz CT molecular complexity index is 1100. The maximum Gasteiger partial charge on any atom is 0.322 e. The van der Waals surface area contributed by atoms with Crippen molar-refractivity contribution in [3.63, 3.8) is 0 Å². The number of nitrogens with one attached hydrogen (secondary N) is 2. The summed E-state index contributed by atoms with van der Waals surface area (Å²) in [4.78, 5) is 27.2. The van der Waals surface area contributed by atoms with Crippen LogP contribution in [0.3, 0.4) is 0 Å². The number of hydrogen-bond donors (Lipinski definition) is 2. The third-order valence-corrected chi connectivity index (χ3v) is 5.95. The normalized spacial score (nSPS) is 15.5. The first-order valence-corrected chi connectivity index (χ1v) is 10.8. The van der Waals surface area contributed by atoms with Gasteiger partial charge in [0.15, 0.2) is 0 Å². The molecule has 3 aromatic rings. The fourth-order valence-electron chi connectivity index (χ4n) is 3.54. The van der Waals surface area contributed by atoms with Crippen LogP contribution in [0, 0.1) is 6.92 Å². The number of methoxy groups -OCH3 is 1. The van der Waals surface area contributed by atoms with Gasteiger partial charge < -0.3 is 15.0 Å². The van der Waals surface area contributed by atoms with Crippen LogP contribution in [-0.2, 0) is 4.79 Å². The third-order valence-electron chi connectivity index (χ3n) is 5.06. The monoisotopic (exact) mass is 437 g/mol. The first-order chi connectivity index (χ1) is 15.0. The highest BCUT2D eigenvalue weighted by Gasteiger charge is 2.34. The molecule has 1 fully saturated rings. The number of carbonyl (C=O) groups is 2. The van der Waals surface area contributed by atoms with Gasteiger partial charge in [-0.25, -0.2) is 4.79 Å². The molecule has 1 aliphatic rings. The van der Waals surface area contributed by atoms with E-state index in [4.69, 9.17) is 4.74 Å². The number of likely N-dealkylation sites (tertiary alicyclic amines) is 1. The van der Waals surface area contributed by atoms with E-state index in [-0.39, 0.29) is 11.9 Å². The van der Waals surface area contributed by atoms with E-state index in [1.54, 1.807) is 36.3 Å². The zero-order chi connectivity index (χ0) is 21.8. The van der Waals surface area contributed by atoms with E-state index in [2.05, 4.69) is 20.8 Å². The largest absolute Gasteiger partial charge is 0.497 e. The Balaban J connectivity index is 1.41. The van der Waals surface area contributed by atoms with Crippen LogP contribution in [0.2, 0.25) is 0 Å². The van der Waals surface area contributed by atoms with Gasteiger partial charge in [-0.3, -0.25) is 10.1 Å². The molecule has 4 rings (SSSR count). The van der Waals surface area contributed by atoms with Crippen molar-refractivity contribution in [2.45, 2.75) is 25.8 Å². The number of rotatable bonds is 5. The smallest absolute Gasteiger partial charge is 0.322 e. The zero-order valence-electron chi connectivity index (χ0n) is 17.3. The molecule has 1 aromatic heterocycles. The van der Waals surface area contributed by atoms with Gasteiger partial charge in [-0.15, -0.1) is 10.2 Å². The number of ether oxygens (including phenoxy) is 1. The molecule has 0 aliphatic carbocycles. The molecule has 1 saturated heterocycles. The Hall–Kier alpha value is -3.46. The number of aryl methyl sites for hydroxylation is 1. The minimum atomic E-state index is -0.558. The summed E-state index contributed by atoms with van der Waals surface area (Å²) in [7, 11) is 1.57. The predicted molar refractivity (Wildman–Crippen MR) is 120 cm³/mol. The summed E-state index contributed by atoms with van der Waals surface area (Å²) in [5.41, 5.74) is 2.70. The van der Waals surface area contributed by atoms with Gasteiger partial charge in [0.2, 0.25) is 11.0 Å². The molecule has 1 aliphatic heterocycles. The number of hydrogen-bond acceptors (Lipinski definition) is 6. The third kappa shape index (κ3) is 4.83. The highest BCUT2D eigenvalue weighted by atomic mass is 32.1. The number of aromatic nitrogens is 2. The standard InChI is InChI=1S/C22H23N5O3S/c1-14-6-3-7-15(12-14)20-25-26-21(31-20)24-19(28)18-10-5-11-27(18)22(29)23-16-8-4-9-17(13-16)30-2/h3-4,6-9,12-13,18H,5,10-11H2,1-2H3,(H,23,29)(H,24,26,28). The number of nitrogens with zero attached hydrogens (tertiary/aromatic N) is 3. The van der Waals surface area contributed by atoms with Crippen LogP contribution < -0.4 is 15.4 Å². The summed E-state index contributed by atoms with van der Waals surface area (Å²) >= 11 is 1.31. The lowest BCUT2D eigenvalue weighted by molar-refractivity contribution is -0.119. The molecule has 1 unspecified atom stereocenters. The molecule has 9 heteroatoms. The molecule has 3 amide bonds. The van der Waals surface area contributed by atoms with Crippen molar-refractivity contribution in [3.05, 3.63) is 54.1 Å². The summed E-state index contributed by atoms with van der Waals surface area (Å²) in [6.07, 6.45) is 1.36. The van der Waals surface area contributed by atoms with Gasteiger partial charge in [-0.2, -0.15) is 0 Å². The molecule has 1 atom stereocenters. The molecule has 0 bridgehead atoms. The second kappa shape index (κ2) is 9.13. The van der Waals surface area contributed by atoms with Gasteiger partial charge in [0, 0.05) is 23.9 Å². The summed E-state index contributed by atoms with van der Waals surface area (Å²) < 4.78 is 5.19. The molecule has 160 valence electrons. The molecular formula is C22H23N5O3S. The number of anilines is 2. The SMILES string of the molecule is COc1cccc(NC(=O)N2CCCC2C(=O)Nc2nnc(-c3cccc(C)c3)s2)c1. The van der Waals surface area contributed by atoms with E-state index in [0.717, 1.165) is 22.6 Å². The van der Waals surface area contributed by atoms with Gasteiger partial charge in [0.25, 0.3) is 0 Å². The van der Waals surface area contributed by atoms with Crippen molar-refractivity contribution < 1.29 is 14.3 Å². The van der Waals surface area contributed by atoms with Gasteiger partial charge in [-0.1, -0.05) is 41.2 Å². The quantitative estimate of drug-likeness (QED) is 0.625. The van der Waals surface area contributed by atoms with Crippen LogP contribution in [0.5, 0.6) is 5.75 Å². The number of carbonyl (C=O) groups excluding carboxylic acids is 2. The molecule has 8 nitrogen and oxygen atoms in total. The minimum Gasteiger partial charge on any atom is -0.497 e. The van der Waals surface area contributed by atoms with Crippen LogP contribution in [0.15, 0.2) is 48.5 Å². The second-order valence-electron chi connectivity index (χ2n) is 7.28. The first kappa shape index (κ1) is 20.8. The van der Waals surface area contributed by atoms with Gasteiger partial charge in [0.05, 0.1) is 7.11 Å². The van der Waals surface area contributed by atoms with E-state index in [0.29, 0.717) is 29.5 Å². The molecule has 31 heavy (non-hydrogen) atoms. The van der Waals surface area contributed by atoms with E-state index < -0.39 is 6.04 Å². The second-order valence-corrected chi connectivity index (χ2v) is 8.26. The van der Waals surface area contributed by atoms with Crippen LogP contribution >= 0.6 is 11.3 Å². The summed E-state index contributed by atoms with van der Waals surface area (Å²) in [5.74, 6) is 0.388. The lowest BCUT2D eigenvalue weighted by Crippen LogP contribution is -2.45. The number of amides is 3. The van der Waals surface area contributed by atoms with Gasteiger partial charge in [-0.05, 0) is 38.0 Å². The molecule has 2 N–H and O–H groups in total. The summed E-state index contributed by atoms with van der Waals surface area (Å²) in [5, 5.41) is 15.1. The van der Waals surface area contributed by atoms with E-state index >= 15 is 0 Å². The molecule has 2 heterocycles. The van der Waals surface area contributed by atoms with E-state index in [1.807, 2.05) is 31.2 Å². The maximum absolute atomic E-state index is 12.9. The van der Waals surface area contributed by atoms with Gasteiger partial charge in [0.1, 0.15) is 16.8 Å². The maximum atomic E-state index is 12.9. The van der Waals surface area contributed by atoms with E-state index in [1.165, 1.54) is 11.3 Å². The fraction of sp³-hybridized carbons (Fsp3) is 0.273. The zero-order valence-corrected chi connectivity index (χ0v) is 18.1. The lowest BCUT2D eigenvalue weighted by atomic mass is 10.1. The molecule has 0 saturated carbocycles. The van der Waals surface area contributed by atoms with Crippen molar-refractivity contribution in [2.24, 2.45) is 0 Å². The molecular weight excluding hydrogens is 414 g/mol. The highest BCUT2D eigenvalue weighted by Crippen LogP contribution is 2.28.